The third-order valence-electron chi connectivity index (χ3n) is 2.53. The Bertz CT molecular complexity index is 425. The molecule has 0 aliphatic carbocycles. The molecule has 1 aromatic rings. The molecule has 0 bridgehead atoms. The van der Waals surface area contributed by atoms with Gasteiger partial charge in [-0.05, 0) is 18.5 Å². The van der Waals surface area contributed by atoms with Crippen LogP contribution in [0.1, 0.15) is 12.6 Å². The van der Waals surface area contributed by atoms with E-state index in [9.17, 15) is 8.42 Å². The maximum atomic E-state index is 11.7. The summed E-state index contributed by atoms with van der Waals surface area (Å²) in [6.45, 7) is 2.26. The average molecular weight is 245 g/mol. The Morgan fingerprint density at radius 3 is 2.75 bits per heavy atom. The zero-order valence-corrected chi connectivity index (χ0v) is 10.6. The summed E-state index contributed by atoms with van der Waals surface area (Å²) in [6.07, 6.45) is 2.18. The van der Waals surface area contributed by atoms with Crippen LogP contribution in [0, 0.1) is 5.92 Å². The van der Waals surface area contributed by atoms with Gasteiger partial charge in [-0.2, -0.15) is 5.10 Å². The Balaban J connectivity index is 2.52. The van der Waals surface area contributed by atoms with Crippen LogP contribution in [0.4, 0.5) is 0 Å². The van der Waals surface area contributed by atoms with E-state index in [0.717, 1.165) is 5.69 Å². The molecule has 0 aliphatic heterocycles. The van der Waals surface area contributed by atoms with Gasteiger partial charge in [-0.1, -0.05) is 6.92 Å². The van der Waals surface area contributed by atoms with Gasteiger partial charge in [0.25, 0.3) is 0 Å². The van der Waals surface area contributed by atoms with E-state index in [1.807, 2.05) is 20.0 Å². The van der Waals surface area contributed by atoms with Crippen LogP contribution < -0.4 is 5.73 Å². The molecule has 0 radical (unpaired) electrons. The first-order valence-electron chi connectivity index (χ1n) is 5.32. The van der Waals surface area contributed by atoms with Gasteiger partial charge in [0.05, 0.1) is 11.5 Å². The highest BCUT2D eigenvalue weighted by atomic mass is 32.2. The monoisotopic (exact) mass is 245 g/mol. The topological polar surface area (TPSA) is 78.0 Å². The number of aryl methyl sites for hydroxylation is 2. The lowest BCUT2D eigenvalue weighted by Gasteiger charge is -2.09. The number of aromatic nitrogens is 2. The zero-order chi connectivity index (χ0) is 12.2. The van der Waals surface area contributed by atoms with Gasteiger partial charge in [0.1, 0.15) is 0 Å². The van der Waals surface area contributed by atoms with Crippen LogP contribution in [-0.2, 0) is 23.3 Å². The molecule has 1 atom stereocenters. The normalized spacial score (nSPS) is 13.9. The fourth-order valence-electron chi connectivity index (χ4n) is 1.49. The molecule has 92 valence electrons. The van der Waals surface area contributed by atoms with Gasteiger partial charge < -0.3 is 5.73 Å². The summed E-state index contributed by atoms with van der Waals surface area (Å²) < 4.78 is 25.1. The highest BCUT2D eigenvalue weighted by Crippen LogP contribution is 2.05. The lowest BCUT2D eigenvalue weighted by molar-refractivity contribution is 0.572. The number of rotatable bonds is 6. The summed E-state index contributed by atoms with van der Waals surface area (Å²) in [5, 5.41) is 4.00. The minimum absolute atomic E-state index is 0.0246. The van der Waals surface area contributed by atoms with E-state index in [1.165, 1.54) is 0 Å². The van der Waals surface area contributed by atoms with Crippen molar-refractivity contribution < 1.29 is 8.42 Å². The van der Waals surface area contributed by atoms with Crippen LogP contribution in [0.2, 0.25) is 0 Å². The van der Waals surface area contributed by atoms with E-state index in [2.05, 4.69) is 5.10 Å². The molecule has 1 unspecified atom stereocenters. The molecule has 0 saturated carbocycles. The van der Waals surface area contributed by atoms with Crippen molar-refractivity contribution in [3.63, 3.8) is 0 Å². The summed E-state index contributed by atoms with van der Waals surface area (Å²) in [7, 11) is -1.20. The van der Waals surface area contributed by atoms with Gasteiger partial charge in [0.2, 0.25) is 0 Å². The fourth-order valence-corrected chi connectivity index (χ4v) is 3.18. The van der Waals surface area contributed by atoms with E-state index in [-0.39, 0.29) is 17.4 Å². The van der Waals surface area contributed by atoms with E-state index < -0.39 is 9.84 Å². The maximum absolute atomic E-state index is 11.7. The van der Waals surface area contributed by atoms with Crippen molar-refractivity contribution in [1.29, 1.82) is 0 Å². The number of sulfone groups is 1. The van der Waals surface area contributed by atoms with Crippen molar-refractivity contribution in [2.75, 3.05) is 18.1 Å². The summed E-state index contributed by atoms with van der Waals surface area (Å²) in [5.41, 5.74) is 6.35. The fraction of sp³-hybridized carbons (Fsp3) is 0.700. The average Bonchev–Trinajstić information content (AvgIpc) is 2.60. The minimum Gasteiger partial charge on any atom is -0.330 e. The molecule has 1 aromatic heterocycles. The molecule has 1 rings (SSSR count). The Morgan fingerprint density at radius 2 is 2.25 bits per heavy atom. The second kappa shape index (κ2) is 5.45. The quantitative estimate of drug-likeness (QED) is 0.763. The Labute approximate surface area is 96.6 Å². The summed E-state index contributed by atoms with van der Waals surface area (Å²) in [5.74, 6) is 0.356. The number of nitrogens with two attached hydrogens (primary N) is 1. The van der Waals surface area contributed by atoms with Crippen LogP contribution >= 0.6 is 0 Å². The van der Waals surface area contributed by atoms with Crippen LogP contribution in [0.5, 0.6) is 0 Å². The molecule has 2 N–H and O–H groups in total. The van der Waals surface area contributed by atoms with E-state index in [1.54, 1.807) is 10.9 Å². The molecule has 6 heteroatoms. The first-order valence-corrected chi connectivity index (χ1v) is 7.14. The smallest absolute Gasteiger partial charge is 0.151 e. The molecule has 0 spiro atoms. The van der Waals surface area contributed by atoms with E-state index in [0.29, 0.717) is 13.0 Å². The van der Waals surface area contributed by atoms with Gasteiger partial charge in [-0.15, -0.1) is 0 Å². The van der Waals surface area contributed by atoms with Gasteiger partial charge in [-0.25, -0.2) is 8.42 Å². The van der Waals surface area contributed by atoms with Crippen LogP contribution in [0.3, 0.4) is 0 Å². The van der Waals surface area contributed by atoms with E-state index >= 15 is 0 Å². The molecular formula is C10H19N3O2S. The molecule has 16 heavy (non-hydrogen) atoms. The first-order chi connectivity index (χ1) is 7.44. The summed E-state index contributed by atoms with van der Waals surface area (Å²) in [6, 6.07) is 1.84. The molecular weight excluding hydrogens is 226 g/mol. The second-order valence-electron chi connectivity index (χ2n) is 4.15. The molecule has 0 fully saturated rings. The summed E-state index contributed by atoms with van der Waals surface area (Å²) >= 11 is 0. The lowest BCUT2D eigenvalue weighted by atomic mass is 10.2. The van der Waals surface area contributed by atoms with Gasteiger partial charge >= 0.3 is 0 Å². The summed E-state index contributed by atoms with van der Waals surface area (Å²) in [4.78, 5) is 0. The van der Waals surface area contributed by atoms with Crippen LogP contribution in [0.25, 0.3) is 0 Å². The second-order valence-corrected chi connectivity index (χ2v) is 6.38. The maximum Gasteiger partial charge on any atom is 0.151 e. The number of nitrogens with zero attached hydrogens (tertiary/aromatic N) is 2. The predicted molar refractivity (Wildman–Crippen MR) is 63.8 cm³/mol. The van der Waals surface area contributed by atoms with Crippen LogP contribution in [-0.4, -0.2) is 36.2 Å². The standard InChI is InChI=1S/C10H19N3O2S/c1-9(7-11)8-16(14,15)6-4-10-3-5-12-13(10)2/h3,5,9H,4,6-8,11H2,1-2H3. The largest absolute Gasteiger partial charge is 0.330 e. The number of hydrogen-bond donors (Lipinski definition) is 1. The van der Waals surface area contributed by atoms with Crippen molar-refractivity contribution in [1.82, 2.24) is 9.78 Å². The molecule has 0 amide bonds. The van der Waals surface area contributed by atoms with Crippen LogP contribution in [0.15, 0.2) is 12.3 Å². The molecule has 1 heterocycles. The highest BCUT2D eigenvalue weighted by molar-refractivity contribution is 7.91. The van der Waals surface area contributed by atoms with Crippen molar-refractivity contribution in [2.45, 2.75) is 13.3 Å². The van der Waals surface area contributed by atoms with Crippen molar-refractivity contribution in [3.05, 3.63) is 18.0 Å². The Kier molecular flexibility index (Phi) is 4.49. The van der Waals surface area contributed by atoms with Crippen molar-refractivity contribution in [2.24, 2.45) is 18.7 Å². The molecule has 0 aromatic carbocycles. The van der Waals surface area contributed by atoms with Crippen molar-refractivity contribution in [3.8, 4) is 0 Å². The zero-order valence-electron chi connectivity index (χ0n) is 9.76. The Morgan fingerprint density at radius 1 is 1.56 bits per heavy atom. The molecule has 5 nitrogen and oxygen atoms in total. The molecule has 0 saturated heterocycles. The minimum atomic E-state index is -3.01. The SMILES string of the molecule is CC(CN)CS(=O)(=O)CCc1ccnn1C. The first kappa shape index (κ1) is 13.2. The van der Waals surface area contributed by atoms with Gasteiger partial charge in [0, 0.05) is 25.4 Å². The third kappa shape index (κ3) is 3.94. The highest BCUT2D eigenvalue weighted by Gasteiger charge is 2.15. The van der Waals surface area contributed by atoms with E-state index in [4.69, 9.17) is 5.73 Å². The Hall–Kier alpha value is -0.880. The predicted octanol–water partition coefficient (Wildman–Crippen LogP) is -0.0278. The van der Waals surface area contributed by atoms with Gasteiger partial charge in [0.15, 0.2) is 9.84 Å². The number of hydrogen-bond acceptors (Lipinski definition) is 4. The third-order valence-corrected chi connectivity index (χ3v) is 4.44. The van der Waals surface area contributed by atoms with Gasteiger partial charge in [-0.3, -0.25) is 4.68 Å². The molecule has 0 aliphatic rings. The lowest BCUT2D eigenvalue weighted by Crippen LogP contribution is -2.23. The van der Waals surface area contributed by atoms with Crippen molar-refractivity contribution >= 4 is 9.84 Å².